The highest BCUT2D eigenvalue weighted by molar-refractivity contribution is 5.91. The van der Waals surface area contributed by atoms with E-state index in [1.807, 2.05) is 36.5 Å². The Kier molecular flexibility index (Phi) is 4.99. The molecule has 0 radical (unpaired) electrons. The molecule has 3 rings (SSSR count). The monoisotopic (exact) mass is 320 g/mol. The van der Waals surface area contributed by atoms with Gasteiger partial charge in [0.1, 0.15) is 0 Å². The van der Waals surface area contributed by atoms with Crippen molar-refractivity contribution in [2.24, 2.45) is 0 Å². The average molecular weight is 320 g/mol. The van der Waals surface area contributed by atoms with Crippen LogP contribution in [-0.4, -0.2) is 10.5 Å². The van der Waals surface area contributed by atoms with Crippen LogP contribution in [0.5, 0.6) is 0 Å². The molecule has 2 aromatic carbocycles. The number of benzene rings is 2. The summed E-state index contributed by atoms with van der Waals surface area (Å²) in [4.78, 5) is 12.4. The summed E-state index contributed by atoms with van der Waals surface area (Å²) in [5.74, 6) is 0.499. The Balaban J connectivity index is 1.66. The first-order chi connectivity index (χ1) is 11.7. The minimum atomic E-state index is 0.0588. The fraction of sp³-hybridized carbons (Fsp3) is 0.286. The van der Waals surface area contributed by atoms with Gasteiger partial charge in [0.15, 0.2) is 0 Å². The van der Waals surface area contributed by atoms with Gasteiger partial charge in [-0.25, -0.2) is 0 Å². The maximum absolute atomic E-state index is 12.4. The highest BCUT2D eigenvalue weighted by Crippen LogP contribution is 2.26. The highest BCUT2D eigenvalue weighted by Gasteiger charge is 2.11. The van der Waals surface area contributed by atoms with Gasteiger partial charge in [0.2, 0.25) is 5.91 Å². The fourth-order valence-corrected chi connectivity index (χ4v) is 3.03. The number of carbonyl (C=O) groups excluding carboxylic acids is 1. The van der Waals surface area contributed by atoms with Crippen molar-refractivity contribution in [2.45, 2.75) is 39.2 Å². The minimum Gasteiger partial charge on any atom is -0.347 e. The van der Waals surface area contributed by atoms with E-state index in [2.05, 4.69) is 48.0 Å². The van der Waals surface area contributed by atoms with Crippen LogP contribution < -0.4 is 5.32 Å². The minimum absolute atomic E-state index is 0.0588. The molecule has 0 aliphatic carbocycles. The van der Waals surface area contributed by atoms with E-state index in [9.17, 15) is 4.79 Å². The predicted molar refractivity (Wildman–Crippen MR) is 100 cm³/mol. The normalized spacial score (nSPS) is 12.2. The van der Waals surface area contributed by atoms with Crippen LogP contribution in [0.4, 0.5) is 5.69 Å². The number of fused-ring (bicyclic) bond motifs is 1. The third kappa shape index (κ3) is 3.51. The van der Waals surface area contributed by atoms with Gasteiger partial charge in [0.25, 0.3) is 0 Å². The standard InChI is InChI=1S/C21H24N2O/c1-3-16(2)18-9-5-6-10-19(18)22-21(24)13-15-23-14-12-17-8-4-7-11-20(17)23/h4-12,14,16H,3,13,15H2,1-2H3,(H,22,24). The van der Waals surface area contributed by atoms with Crippen LogP contribution in [0.3, 0.4) is 0 Å². The van der Waals surface area contributed by atoms with Crippen molar-refractivity contribution in [3.05, 3.63) is 66.4 Å². The lowest BCUT2D eigenvalue weighted by Gasteiger charge is -2.15. The van der Waals surface area contributed by atoms with Crippen molar-refractivity contribution in [1.82, 2.24) is 4.57 Å². The van der Waals surface area contributed by atoms with Gasteiger partial charge in [-0.2, -0.15) is 0 Å². The van der Waals surface area contributed by atoms with Gasteiger partial charge in [0, 0.05) is 30.4 Å². The van der Waals surface area contributed by atoms with Crippen molar-refractivity contribution in [2.75, 3.05) is 5.32 Å². The van der Waals surface area contributed by atoms with E-state index >= 15 is 0 Å². The molecule has 1 N–H and O–H groups in total. The second kappa shape index (κ2) is 7.35. The maximum Gasteiger partial charge on any atom is 0.226 e. The number of hydrogen-bond donors (Lipinski definition) is 1. The molecule has 1 unspecified atom stereocenters. The molecule has 1 heterocycles. The van der Waals surface area contributed by atoms with Crippen LogP contribution in [0.25, 0.3) is 10.9 Å². The molecule has 0 aliphatic rings. The average Bonchev–Trinajstić information content (AvgIpc) is 3.03. The first-order valence-electron chi connectivity index (χ1n) is 8.61. The lowest BCUT2D eigenvalue weighted by atomic mass is 9.97. The van der Waals surface area contributed by atoms with Gasteiger partial charge >= 0.3 is 0 Å². The Bertz CT molecular complexity index is 834. The van der Waals surface area contributed by atoms with E-state index in [1.54, 1.807) is 0 Å². The van der Waals surface area contributed by atoms with E-state index < -0.39 is 0 Å². The number of carbonyl (C=O) groups is 1. The van der Waals surface area contributed by atoms with Gasteiger partial charge in [-0.1, -0.05) is 50.2 Å². The first-order valence-corrected chi connectivity index (χ1v) is 8.61. The zero-order valence-electron chi connectivity index (χ0n) is 14.3. The van der Waals surface area contributed by atoms with Crippen molar-refractivity contribution in [3.63, 3.8) is 0 Å². The molecular formula is C21H24N2O. The largest absolute Gasteiger partial charge is 0.347 e. The summed E-state index contributed by atoms with van der Waals surface area (Å²) in [5.41, 5.74) is 3.32. The molecule has 3 heteroatoms. The first kappa shape index (κ1) is 16.3. The van der Waals surface area contributed by atoms with E-state index in [0.29, 0.717) is 18.9 Å². The molecular weight excluding hydrogens is 296 g/mol. The topological polar surface area (TPSA) is 34.0 Å². The molecule has 1 atom stereocenters. The molecule has 3 nitrogen and oxygen atoms in total. The lowest BCUT2D eigenvalue weighted by molar-refractivity contribution is -0.116. The quantitative estimate of drug-likeness (QED) is 0.667. The van der Waals surface area contributed by atoms with Crippen molar-refractivity contribution in [3.8, 4) is 0 Å². The number of rotatable bonds is 6. The Hall–Kier alpha value is -2.55. The summed E-state index contributed by atoms with van der Waals surface area (Å²) < 4.78 is 2.13. The van der Waals surface area contributed by atoms with Gasteiger partial charge in [0.05, 0.1) is 0 Å². The van der Waals surface area contributed by atoms with Gasteiger partial charge in [-0.15, -0.1) is 0 Å². The number of aromatic nitrogens is 1. The van der Waals surface area contributed by atoms with Crippen molar-refractivity contribution in [1.29, 1.82) is 0 Å². The zero-order valence-corrected chi connectivity index (χ0v) is 14.3. The van der Waals surface area contributed by atoms with E-state index in [0.717, 1.165) is 12.1 Å². The van der Waals surface area contributed by atoms with Crippen LogP contribution in [0, 0.1) is 0 Å². The number of para-hydroxylation sites is 2. The number of amides is 1. The molecule has 1 amide bonds. The van der Waals surface area contributed by atoms with E-state index in [-0.39, 0.29) is 5.91 Å². The van der Waals surface area contributed by atoms with Crippen LogP contribution >= 0.6 is 0 Å². The highest BCUT2D eigenvalue weighted by atomic mass is 16.1. The third-order valence-corrected chi connectivity index (χ3v) is 4.64. The molecule has 1 aromatic heterocycles. The van der Waals surface area contributed by atoms with Gasteiger partial charge in [-0.05, 0) is 41.5 Å². The Labute approximate surface area is 143 Å². The second-order valence-electron chi connectivity index (χ2n) is 6.26. The molecule has 124 valence electrons. The third-order valence-electron chi connectivity index (χ3n) is 4.64. The van der Waals surface area contributed by atoms with Crippen LogP contribution in [0.1, 0.15) is 38.2 Å². The van der Waals surface area contributed by atoms with Crippen molar-refractivity contribution >= 4 is 22.5 Å². The number of nitrogens with one attached hydrogen (secondary N) is 1. The van der Waals surface area contributed by atoms with E-state index in [4.69, 9.17) is 0 Å². The lowest BCUT2D eigenvalue weighted by Crippen LogP contribution is -2.15. The molecule has 0 aliphatic heterocycles. The maximum atomic E-state index is 12.4. The second-order valence-corrected chi connectivity index (χ2v) is 6.26. The Morgan fingerprint density at radius 2 is 1.83 bits per heavy atom. The number of aryl methyl sites for hydroxylation is 1. The SMILES string of the molecule is CCC(C)c1ccccc1NC(=O)CCn1ccc2ccccc21. The molecule has 0 fully saturated rings. The smallest absolute Gasteiger partial charge is 0.226 e. The summed E-state index contributed by atoms with van der Waals surface area (Å²) >= 11 is 0. The molecule has 0 saturated heterocycles. The van der Waals surface area contributed by atoms with Crippen molar-refractivity contribution < 1.29 is 4.79 Å². The summed E-state index contributed by atoms with van der Waals surface area (Å²) in [5, 5.41) is 4.29. The number of anilines is 1. The Morgan fingerprint density at radius 1 is 1.08 bits per heavy atom. The summed E-state index contributed by atoms with van der Waals surface area (Å²) in [6.07, 6.45) is 3.57. The van der Waals surface area contributed by atoms with Crippen LogP contribution in [0.15, 0.2) is 60.8 Å². The summed E-state index contributed by atoms with van der Waals surface area (Å²) in [6, 6.07) is 18.4. The predicted octanol–water partition coefficient (Wildman–Crippen LogP) is 5.18. The fourth-order valence-electron chi connectivity index (χ4n) is 3.03. The summed E-state index contributed by atoms with van der Waals surface area (Å²) in [6.45, 7) is 5.04. The van der Waals surface area contributed by atoms with E-state index in [1.165, 1.54) is 16.5 Å². The van der Waals surface area contributed by atoms with Gasteiger partial charge in [-0.3, -0.25) is 4.79 Å². The zero-order chi connectivity index (χ0) is 16.9. The molecule has 0 spiro atoms. The van der Waals surface area contributed by atoms with Gasteiger partial charge < -0.3 is 9.88 Å². The molecule has 3 aromatic rings. The number of hydrogen-bond acceptors (Lipinski definition) is 1. The summed E-state index contributed by atoms with van der Waals surface area (Å²) in [7, 11) is 0. The number of nitrogens with zero attached hydrogens (tertiary/aromatic N) is 1. The molecule has 24 heavy (non-hydrogen) atoms. The molecule has 0 bridgehead atoms. The Morgan fingerprint density at radius 3 is 2.67 bits per heavy atom. The van der Waals surface area contributed by atoms with Crippen LogP contribution in [0.2, 0.25) is 0 Å². The van der Waals surface area contributed by atoms with Crippen LogP contribution in [-0.2, 0) is 11.3 Å². The molecule has 0 saturated carbocycles.